The fourth-order valence-electron chi connectivity index (χ4n) is 2.30. The summed E-state index contributed by atoms with van der Waals surface area (Å²) >= 11 is 0. The van der Waals surface area contributed by atoms with Crippen LogP contribution in [0.5, 0.6) is 5.75 Å². The monoisotopic (exact) mass is 278 g/mol. The summed E-state index contributed by atoms with van der Waals surface area (Å²) in [5, 5.41) is 0. The van der Waals surface area contributed by atoms with Gasteiger partial charge in [-0.05, 0) is 45.0 Å². The summed E-state index contributed by atoms with van der Waals surface area (Å²) in [5.41, 5.74) is 6.68. The molecule has 2 rings (SSSR count). The average molecular weight is 278 g/mol. The number of nitrogens with zero attached hydrogens (tertiary/aromatic N) is 1. The van der Waals surface area contributed by atoms with Gasteiger partial charge in [-0.2, -0.15) is 0 Å². The summed E-state index contributed by atoms with van der Waals surface area (Å²) in [6.07, 6.45) is 2.06. The molecule has 1 aliphatic heterocycles. The maximum absolute atomic E-state index is 11.9. The molecule has 0 aromatic heterocycles. The number of carbonyl (C=O) groups excluding carboxylic acids is 1. The number of hydrogen-bond acceptors (Lipinski definition) is 5. The molecule has 0 bridgehead atoms. The van der Waals surface area contributed by atoms with Crippen LogP contribution in [0.1, 0.15) is 30.1 Å². The van der Waals surface area contributed by atoms with Gasteiger partial charge in [0, 0.05) is 18.8 Å². The Hall–Kier alpha value is -1.75. The molecule has 0 unspecified atom stereocenters. The second-order valence-corrected chi connectivity index (χ2v) is 5.10. The molecule has 0 spiro atoms. The highest BCUT2D eigenvalue weighted by molar-refractivity contribution is 5.93. The third kappa shape index (κ3) is 3.63. The van der Waals surface area contributed by atoms with Crippen LogP contribution in [-0.2, 0) is 4.74 Å². The minimum Gasteiger partial charge on any atom is -0.489 e. The molecule has 1 aromatic rings. The quantitative estimate of drug-likeness (QED) is 0.673. The Bertz CT molecular complexity index is 468. The van der Waals surface area contributed by atoms with E-state index in [0.29, 0.717) is 23.6 Å². The molecule has 20 heavy (non-hydrogen) atoms. The van der Waals surface area contributed by atoms with Gasteiger partial charge in [-0.15, -0.1) is 0 Å². The van der Waals surface area contributed by atoms with Crippen LogP contribution >= 0.6 is 0 Å². The first-order valence-electron chi connectivity index (χ1n) is 7.02. The minimum atomic E-state index is -0.386. The molecule has 5 heteroatoms. The normalized spacial score (nSPS) is 16.9. The van der Waals surface area contributed by atoms with E-state index in [2.05, 4.69) is 11.9 Å². The van der Waals surface area contributed by atoms with E-state index in [1.807, 2.05) is 0 Å². The number of anilines is 1. The van der Waals surface area contributed by atoms with E-state index in [1.54, 1.807) is 25.1 Å². The first-order valence-corrected chi connectivity index (χ1v) is 7.02. The Morgan fingerprint density at radius 2 is 2.10 bits per heavy atom. The summed E-state index contributed by atoms with van der Waals surface area (Å²) in [4.78, 5) is 14.2. The van der Waals surface area contributed by atoms with Crippen molar-refractivity contribution in [2.24, 2.45) is 0 Å². The molecule has 0 radical (unpaired) electrons. The van der Waals surface area contributed by atoms with Crippen molar-refractivity contribution in [3.63, 3.8) is 0 Å². The zero-order chi connectivity index (χ0) is 14.5. The smallest absolute Gasteiger partial charge is 0.341 e. The summed E-state index contributed by atoms with van der Waals surface area (Å²) in [6.45, 7) is 4.13. The van der Waals surface area contributed by atoms with Gasteiger partial charge in [0.25, 0.3) is 0 Å². The van der Waals surface area contributed by atoms with Gasteiger partial charge in [0.05, 0.1) is 6.61 Å². The SMILES string of the molecule is CCOC(=O)c1cc(N)ccc1OC1CCN(C)CC1. The Balaban J connectivity index is 2.12. The highest BCUT2D eigenvalue weighted by atomic mass is 16.5. The maximum atomic E-state index is 11.9. The van der Waals surface area contributed by atoms with E-state index in [1.165, 1.54) is 0 Å². The highest BCUT2D eigenvalue weighted by Gasteiger charge is 2.21. The van der Waals surface area contributed by atoms with Crippen LogP contribution in [0.4, 0.5) is 5.69 Å². The fraction of sp³-hybridized carbons (Fsp3) is 0.533. The van der Waals surface area contributed by atoms with Crippen LogP contribution in [0.3, 0.4) is 0 Å². The van der Waals surface area contributed by atoms with Crippen molar-refractivity contribution < 1.29 is 14.3 Å². The predicted molar refractivity (Wildman–Crippen MR) is 78.0 cm³/mol. The van der Waals surface area contributed by atoms with E-state index in [-0.39, 0.29) is 12.1 Å². The van der Waals surface area contributed by atoms with Crippen molar-refractivity contribution in [2.45, 2.75) is 25.9 Å². The number of carbonyl (C=O) groups is 1. The third-order valence-corrected chi connectivity index (χ3v) is 3.46. The number of nitrogens with two attached hydrogens (primary N) is 1. The topological polar surface area (TPSA) is 64.8 Å². The zero-order valence-electron chi connectivity index (χ0n) is 12.1. The number of hydrogen-bond donors (Lipinski definition) is 1. The summed E-state index contributed by atoms with van der Waals surface area (Å²) < 4.78 is 11.0. The first kappa shape index (κ1) is 14.7. The van der Waals surface area contributed by atoms with Crippen molar-refractivity contribution in [3.8, 4) is 5.75 Å². The number of rotatable bonds is 4. The standard InChI is InChI=1S/C15H22N2O3/c1-3-19-15(18)13-10-11(16)4-5-14(13)20-12-6-8-17(2)9-7-12/h4-5,10,12H,3,6-9,16H2,1-2H3. The van der Waals surface area contributed by atoms with Gasteiger partial charge in [0.1, 0.15) is 17.4 Å². The molecule has 1 aliphatic rings. The van der Waals surface area contributed by atoms with Gasteiger partial charge < -0.3 is 20.1 Å². The van der Waals surface area contributed by atoms with Gasteiger partial charge >= 0.3 is 5.97 Å². The number of likely N-dealkylation sites (tertiary alicyclic amines) is 1. The van der Waals surface area contributed by atoms with Crippen molar-refractivity contribution in [1.82, 2.24) is 4.90 Å². The van der Waals surface area contributed by atoms with Crippen LogP contribution in [0, 0.1) is 0 Å². The molecule has 0 aliphatic carbocycles. The molecule has 1 saturated heterocycles. The van der Waals surface area contributed by atoms with Gasteiger partial charge in [-0.25, -0.2) is 4.79 Å². The Morgan fingerprint density at radius 3 is 2.75 bits per heavy atom. The lowest BCUT2D eigenvalue weighted by atomic mass is 10.1. The number of ether oxygens (including phenoxy) is 2. The lowest BCUT2D eigenvalue weighted by Gasteiger charge is -2.29. The molecule has 110 valence electrons. The third-order valence-electron chi connectivity index (χ3n) is 3.46. The molecule has 0 atom stereocenters. The number of nitrogen functional groups attached to an aromatic ring is 1. The van der Waals surface area contributed by atoms with Crippen LogP contribution in [0.25, 0.3) is 0 Å². The average Bonchev–Trinajstić information content (AvgIpc) is 2.43. The molecule has 5 nitrogen and oxygen atoms in total. The summed E-state index contributed by atoms with van der Waals surface area (Å²) in [7, 11) is 2.10. The van der Waals surface area contributed by atoms with Crippen molar-refractivity contribution in [3.05, 3.63) is 23.8 Å². The molecular weight excluding hydrogens is 256 g/mol. The second-order valence-electron chi connectivity index (χ2n) is 5.10. The van der Waals surface area contributed by atoms with Gasteiger partial charge in [0.2, 0.25) is 0 Å². The molecule has 0 saturated carbocycles. The van der Waals surface area contributed by atoms with E-state index in [0.717, 1.165) is 25.9 Å². The van der Waals surface area contributed by atoms with Crippen molar-refractivity contribution in [1.29, 1.82) is 0 Å². The van der Waals surface area contributed by atoms with E-state index in [9.17, 15) is 4.79 Å². The van der Waals surface area contributed by atoms with E-state index >= 15 is 0 Å². The number of piperidine rings is 1. The highest BCUT2D eigenvalue weighted by Crippen LogP contribution is 2.25. The van der Waals surface area contributed by atoms with Crippen LogP contribution in [0.15, 0.2) is 18.2 Å². The Kier molecular flexibility index (Phi) is 4.84. The summed E-state index contributed by atoms with van der Waals surface area (Å²) in [5.74, 6) is 0.176. The maximum Gasteiger partial charge on any atom is 0.341 e. The lowest BCUT2D eigenvalue weighted by Crippen LogP contribution is -2.35. The minimum absolute atomic E-state index is 0.142. The van der Waals surface area contributed by atoms with Gasteiger partial charge in [0.15, 0.2) is 0 Å². The zero-order valence-corrected chi connectivity index (χ0v) is 12.1. The molecule has 1 aromatic carbocycles. The molecule has 1 heterocycles. The van der Waals surface area contributed by atoms with Gasteiger partial charge in [-0.1, -0.05) is 0 Å². The lowest BCUT2D eigenvalue weighted by molar-refractivity contribution is 0.0513. The predicted octanol–water partition coefficient (Wildman–Crippen LogP) is 1.92. The summed E-state index contributed by atoms with van der Waals surface area (Å²) in [6, 6.07) is 5.11. The Labute approximate surface area is 119 Å². The van der Waals surface area contributed by atoms with E-state index < -0.39 is 0 Å². The first-order chi connectivity index (χ1) is 9.60. The number of benzene rings is 1. The molecule has 1 fully saturated rings. The molecule has 0 amide bonds. The molecule has 2 N–H and O–H groups in total. The van der Waals surface area contributed by atoms with Crippen LogP contribution in [-0.4, -0.2) is 43.7 Å². The fourth-order valence-corrected chi connectivity index (χ4v) is 2.30. The van der Waals surface area contributed by atoms with E-state index in [4.69, 9.17) is 15.2 Å². The number of esters is 1. The van der Waals surface area contributed by atoms with Crippen LogP contribution in [0.2, 0.25) is 0 Å². The second kappa shape index (κ2) is 6.61. The van der Waals surface area contributed by atoms with Crippen molar-refractivity contribution >= 4 is 11.7 Å². The van der Waals surface area contributed by atoms with Gasteiger partial charge in [-0.3, -0.25) is 0 Å². The Morgan fingerprint density at radius 1 is 1.40 bits per heavy atom. The van der Waals surface area contributed by atoms with Crippen molar-refractivity contribution in [2.75, 3.05) is 32.5 Å². The van der Waals surface area contributed by atoms with Crippen LogP contribution < -0.4 is 10.5 Å². The molecular formula is C15H22N2O3. The largest absolute Gasteiger partial charge is 0.489 e.